The van der Waals surface area contributed by atoms with E-state index in [9.17, 15) is 4.79 Å². The number of benzene rings is 1. The zero-order valence-electron chi connectivity index (χ0n) is 21.8. The van der Waals surface area contributed by atoms with E-state index < -0.39 is 5.54 Å². The molecule has 39 heavy (non-hydrogen) atoms. The Morgan fingerprint density at radius 1 is 1.13 bits per heavy atom. The Kier molecular flexibility index (Phi) is 6.13. The number of thiazole rings is 1. The second kappa shape index (κ2) is 9.52. The summed E-state index contributed by atoms with van der Waals surface area (Å²) in [5.74, 6) is 1.56. The molecule has 2 aliphatic rings. The number of rotatable bonds is 6. The lowest BCUT2D eigenvalue weighted by Crippen LogP contribution is -2.33. The number of aryl methyl sites for hydroxylation is 1. The average Bonchev–Trinajstić information content (AvgIpc) is 3.24. The number of likely N-dealkylation sites (tertiary alicyclic amines) is 1. The number of nitrogens with zero attached hydrogens (tertiary/aromatic N) is 6. The fourth-order valence-corrected chi connectivity index (χ4v) is 5.98. The van der Waals surface area contributed by atoms with Crippen molar-refractivity contribution in [2.45, 2.75) is 32.4 Å². The van der Waals surface area contributed by atoms with Crippen molar-refractivity contribution in [3.63, 3.8) is 0 Å². The Morgan fingerprint density at radius 2 is 1.82 bits per heavy atom. The van der Waals surface area contributed by atoms with Crippen molar-refractivity contribution in [3.05, 3.63) is 76.6 Å². The number of carbonyl (C=O) groups is 1. The molecule has 1 saturated carbocycles. The van der Waals surface area contributed by atoms with Crippen LogP contribution in [0.25, 0.3) is 22.1 Å². The molecule has 10 heteroatoms. The van der Waals surface area contributed by atoms with Crippen molar-refractivity contribution >= 4 is 17.2 Å². The first-order valence-corrected chi connectivity index (χ1v) is 13.6. The van der Waals surface area contributed by atoms with Gasteiger partial charge in [0.15, 0.2) is 10.8 Å². The lowest BCUT2D eigenvalue weighted by molar-refractivity contribution is 0.0755. The molecule has 2 fully saturated rings. The first-order valence-electron chi connectivity index (χ1n) is 12.7. The summed E-state index contributed by atoms with van der Waals surface area (Å²) >= 11 is 1.33. The van der Waals surface area contributed by atoms with Crippen molar-refractivity contribution in [3.8, 4) is 34.0 Å². The maximum atomic E-state index is 13.3. The van der Waals surface area contributed by atoms with E-state index in [1.54, 1.807) is 30.6 Å². The van der Waals surface area contributed by atoms with Crippen LogP contribution < -0.4 is 10.5 Å². The summed E-state index contributed by atoms with van der Waals surface area (Å²) in [6, 6.07) is 15.1. The van der Waals surface area contributed by atoms with Crippen LogP contribution in [0.5, 0.6) is 5.88 Å². The minimum absolute atomic E-state index is 0.00217. The lowest BCUT2D eigenvalue weighted by atomic mass is 9.94. The highest BCUT2D eigenvalue weighted by Gasteiger charge is 2.59. The molecule has 1 saturated heterocycles. The van der Waals surface area contributed by atoms with Crippen LogP contribution in [-0.2, 0) is 5.54 Å². The Balaban J connectivity index is 1.16. The molecule has 3 atom stereocenters. The summed E-state index contributed by atoms with van der Waals surface area (Å²) in [5.41, 5.74) is 9.68. The van der Waals surface area contributed by atoms with Gasteiger partial charge in [0, 0.05) is 54.5 Å². The number of pyridine rings is 1. The second-order valence-corrected chi connectivity index (χ2v) is 11.6. The van der Waals surface area contributed by atoms with E-state index in [1.165, 1.54) is 11.3 Å². The molecule has 9 nitrogen and oxygen atoms in total. The van der Waals surface area contributed by atoms with E-state index >= 15 is 0 Å². The first kappa shape index (κ1) is 25.1. The Labute approximate surface area is 230 Å². The van der Waals surface area contributed by atoms with Crippen LogP contribution in [0.15, 0.2) is 54.9 Å². The number of amides is 1. The average molecular weight is 538 g/mol. The predicted octanol–water partition coefficient (Wildman–Crippen LogP) is 4.19. The summed E-state index contributed by atoms with van der Waals surface area (Å²) in [7, 11) is 0. The molecular weight excluding hydrogens is 510 g/mol. The molecule has 0 spiro atoms. The number of hydrogen-bond acceptors (Lipinski definition) is 9. The molecule has 2 N–H and O–H groups in total. The van der Waals surface area contributed by atoms with Crippen LogP contribution in [0, 0.1) is 30.1 Å². The van der Waals surface area contributed by atoms with E-state index in [-0.39, 0.29) is 23.8 Å². The highest BCUT2D eigenvalue weighted by Crippen LogP contribution is 2.48. The molecule has 4 heterocycles. The Hall–Kier alpha value is -4.20. The quantitative estimate of drug-likeness (QED) is 0.387. The van der Waals surface area contributed by atoms with E-state index in [1.807, 2.05) is 49.9 Å². The van der Waals surface area contributed by atoms with Crippen LogP contribution in [-0.4, -0.2) is 49.9 Å². The number of nitrogens with two attached hydrogens (primary N) is 1. The number of hydrogen-bond donors (Lipinski definition) is 1. The standard InChI is InChI=1S/C29H27N7O2S/c1-16-25(39-27(34-16)26-32-9-4-10-33-26)28(37)36-14-20-21(15-36)24(20)38-23-12-19(29(2,3)31)11-22(35-23)18-7-5-17(13-30)6-8-18/h4-12,20-21,24H,14-15,31H2,1-3H3/t20-,21+,24-. The van der Waals surface area contributed by atoms with E-state index in [0.29, 0.717) is 45.9 Å². The molecule has 1 aliphatic carbocycles. The van der Waals surface area contributed by atoms with E-state index in [4.69, 9.17) is 20.7 Å². The third-order valence-electron chi connectivity index (χ3n) is 7.26. The van der Waals surface area contributed by atoms with Gasteiger partial charge in [-0.2, -0.15) is 5.26 Å². The van der Waals surface area contributed by atoms with Crippen molar-refractivity contribution in [1.29, 1.82) is 5.26 Å². The fraction of sp³-hybridized carbons (Fsp3) is 0.310. The number of piperidine rings is 1. The maximum Gasteiger partial charge on any atom is 0.265 e. The summed E-state index contributed by atoms with van der Waals surface area (Å²) in [6.07, 6.45) is 3.34. The monoisotopic (exact) mass is 537 g/mol. The second-order valence-electron chi connectivity index (χ2n) is 10.6. The molecule has 1 aliphatic heterocycles. The van der Waals surface area contributed by atoms with Crippen molar-refractivity contribution in [1.82, 2.24) is 24.8 Å². The molecule has 6 rings (SSSR count). The van der Waals surface area contributed by atoms with Crippen molar-refractivity contribution in [2.24, 2.45) is 17.6 Å². The lowest BCUT2D eigenvalue weighted by Gasteiger charge is -2.22. The van der Waals surface area contributed by atoms with Gasteiger partial charge in [0.2, 0.25) is 5.88 Å². The predicted molar refractivity (Wildman–Crippen MR) is 147 cm³/mol. The van der Waals surface area contributed by atoms with E-state index in [0.717, 1.165) is 16.8 Å². The summed E-state index contributed by atoms with van der Waals surface area (Å²) < 4.78 is 6.37. The van der Waals surface area contributed by atoms with Crippen LogP contribution in [0.1, 0.15) is 40.3 Å². The van der Waals surface area contributed by atoms with Gasteiger partial charge in [-0.15, -0.1) is 11.3 Å². The number of fused-ring (bicyclic) bond motifs is 1. The van der Waals surface area contributed by atoms with Gasteiger partial charge in [-0.25, -0.2) is 19.9 Å². The highest BCUT2D eigenvalue weighted by molar-refractivity contribution is 7.17. The fourth-order valence-electron chi connectivity index (χ4n) is 5.00. The summed E-state index contributed by atoms with van der Waals surface area (Å²) in [6.45, 7) is 7.00. The number of ether oxygens (including phenoxy) is 1. The molecule has 0 unspecified atom stereocenters. The molecule has 4 aromatic rings. The minimum atomic E-state index is -0.582. The van der Waals surface area contributed by atoms with Gasteiger partial charge >= 0.3 is 0 Å². The molecule has 0 radical (unpaired) electrons. The van der Waals surface area contributed by atoms with Crippen molar-refractivity contribution in [2.75, 3.05) is 13.1 Å². The third-order valence-corrected chi connectivity index (χ3v) is 8.40. The smallest absolute Gasteiger partial charge is 0.265 e. The number of nitriles is 1. The molecule has 0 bridgehead atoms. The van der Waals surface area contributed by atoms with Crippen LogP contribution in [0.3, 0.4) is 0 Å². The maximum absolute atomic E-state index is 13.3. The van der Waals surface area contributed by atoms with Gasteiger partial charge in [0.1, 0.15) is 11.0 Å². The van der Waals surface area contributed by atoms with Gasteiger partial charge in [-0.05, 0) is 50.6 Å². The largest absolute Gasteiger partial charge is 0.474 e. The van der Waals surface area contributed by atoms with Gasteiger partial charge < -0.3 is 15.4 Å². The van der Waals surface area contributed by atoms with E-state index in [2.05, 4.69) is 21.0 Å². The van der Waals surface area contributed by atoms with Gasteiger partial charge in [-0.3, -0.25) is 4.79 Å². The van der Waals surface area contributed by atoms with Crippen molar-refractivity contribution < 1.29 is 9.53 Å². The number of carbonyl (C=O) groups excluding carboxylic acids is 1. The van der Waals surface area contributed by atoms with Gasteiger partial charge in [-0.1, -0.05) is 12.1 Å². The Bertz CT molecular complexity index is 1580. The van der Waals surface area contributed by atoms with Crippen LogP contribution >= 0.6 is 11.3 Å². The number of aromatic nitrogens is 4. The Morgan fingerprint density at radius 3 is 2.46 bits per heavy atom. The first-order chi connectivity index (χ1) is 18.7. The third kappa shape index (κ3) is 4.87. The van der Waals surface area contributed by atoms with Gasteiger partial charge in [0.05, 0.1) is 23.0 Å². The SMILES string of the molecule is Cc1nc(-c2ncccn2)sc1C(=O)N1C[C@@H]2[C@H](C1)[C@@H]2Oc1cc(C(C)(C)N)cc(-c2ccc(C#N)cc2)n1. The molecule has 1 aromatic carbocycles. The normalized spacial score (nSPS) is 19.9. The minimum Gasteiger partial charge on any atom is -0.474 e. The topological polar surface area (TPSA) is 131 Å². The van der Waals surface area contributed by atoms with Gasteiger partial charge in [0.25, 0.3) is 5.91 Å². The molecule has 196 valence electrons. The molecule has 1 amide bonds. The van der Waals surface area contributed by atoms with Crippen LogP contribution in [0.4, 0.5) is 0 Å². The molecule has 3 aromatic heterocycles. The highest BCUT2D eigenvalue weighted by atomic mass is 32.1. The zero-order chi connectivity index (χ0) is 27.3. The zero-order valence-corrected chi connectivity index (χ0v) is 22.6. The molecular formula is C29H27N7O2S. The summed E-state index contributed by atoms with van der Waals surface area (Å²) in [5, 5.41) is 9.77. The summed E-state index contributed by atoms with van der Waals surface area (Å²) in [4.78, 5) is 33.6. The van der Waals surface area contributed by atoms with Crippen LogP contribution in [0.2, 0.25) is 0 Å².